The second-order valence-corrected chi connectivity index (χ2v) is 7.15. The van der Waals surface area contributed by atoms with E-state index in [4.69, 9.17) is 5.73 Å². The molecule has 1 fully saturated rings. The first-order valence-corrected chi connectivity index (χ1v) is 8.37. The number of aldehydes is 1. The lowest BCUT2D eigenvalue weighted by atomic mass is 10.1. The highest BCUT2D eigenvalue weighted by Crippen LogP contribution is 2.52. The number of anilines is 1. The Kier molecular flexibility index (Phi) is 3.69. The molecule has 2 heterocycles. The molecular formula is C14H17N3O4S. The zero-order valence-corrected chi connectivity index (χ0v) is 12.5. The lowest BCUT2D eigenvalue weighted by Crippen LogP contribution is -2.27. The van der Waals surface area contributed by atoms with Crippen LogP contribution in [0.4, 0.5) is 5.69 Å². The minimum absolute atomic E-state index is 0.0884. The molecule has 0 unspecified atom stereocenters. The summed E-state index contributed by atoms with van der Waals surface area (Å²) in [5.74, 6) is -0.558. The summed E-state index contributed by atoms with van der Waals surface area (Å²) in [7, 11) is -3.34. The Morgan fingerprint density at radius 3 is 2.73 bits per heavy atom. The fourth-order valence-electron chi connectivity index (χ4n) is 2.77. The lowest BCUT2D eigenvalue weighted by Gasteiger charge is -2.30. The molecule has 0 radical (unpaired) electrons. The molecule has 0 saturated carbocycles. The minimum Gasteiger partial charge on any atom is -0.369 e. The summed E-state index contributed by atoms with van der Waals surface area (Å²) in [4.78, 5) is 24.8. The first kappa shape index (κ1) is 15.0. The van der Waals surface area contributed by atoms with E-state index < -0.39 is 16.7 Å². The van der Waals surface area contributed by atoms with Crippen LogP contribution in [0.25, 0.3) is 4.91 Å². The zero-order chi connectivity index (χ0) is 15.9. The molecular weight excluding hydrogens is 306 g/mol. The molecule has 0 aliphatic carbocycles. The van der Waals surface area contributed by atoms with Crippen LogP contribution in [0.3, 0.4) is 0 Å². The van der Waals surface area contributed by atoms with Crippen molar-refractivity contribution in [2.75, 3.05) is 18.0 Å². The molecule has 0 spiro atoms. The molecule has 2 aliphatic rings. The van der Waals surface area contributed by atoms with Crippen LogP contribution >= 0.6 is 10.8 Å². The quantitative estimate of drug-likeness (QED) is 0.621. The van der Waals surface area contributed by atoms with E-state index in [1.165, 1.54) is 0 Å². The van der Waals surface area contributed by atoms with Gasteiger partial charge in [-0.3, -0.25) is 18.7 Å². The number of carbonyl (C=O) groups excluding carboxylic acids is 2. The van der Waals surface area contributed by atoms with E-state index in [0.717, 1.165) is 31.0 Å². The Morgan fingerprint density at radius 2 is 2.18 bits per heavy atom. The van der Waals surface area contributed by atoms with E-state index in [9.17, 15) is 18.7 Å². The van der Waals surface area contributed by atoms with Crippen molar-refractivity contribution < 1.29 is 18.7 Å². The van der Waals surface area contributed by atoms with Crippen LogP contribution in [-0.4, -0.2) is 40.4 Å². The van der Waals surface area contributed by atoms with Crippen molar-refractivity contribution >= 4 is 33.6 Å². The lowest BCUT2D eigenvalue weighted by molar-refractivity contribution is -0.114. The minimum atomic E-state index is -3.34. The molecule has 0 aromatic heterocycles. The highest BCUT2D eigenvalue weighted by molar-refractivity contribution is 8.31. The summed E-state index contributed by atoms with van der Waals surface area (Å²) in [6, 6.07) is 5.07. The van der Waals surface area contributed by atoms with Crippen molar-refractivity contribution in [1.82, 2.24) is 4.72 Å². The van der Waals surface area contributed by atoms with Crippen molar-refractivity contribution in [2.24, 2.45) is 5.73 Å². The summed E-state index contributed by atoms with van der Waals surface area (Å²) in [6.07, 6.45) is 2.73. The topological polar surface area (TPSA) is 116 Å². The van der Waals surface area contributed by atoms with Gasteiger partial charge in [0, 0.05) is 42.0 Å². The third kappa shape index (κ3) is 2.61. The van der Waals surface area contributed by atoms with Gasteiger partial charge in [0.25, 0.3) is 5.91 Å². The molecule has 0 bridgehead atoms. The van der Waals surface area contributed by atoms with Gasteiger partial charge in [-0.2, -0.15) is 0 Å². The van der Waals surface area contributed by atoms with Gasteiger partial charge in [-0.15, -0.1) is 0 Å². The smallest absolute Gasteiger partial charge is 0.264 e. The SMILES string of the molecule is N[C@@H]1CCN(c2ccc(C3=CC(=O)NS3(O)O)cc2C=O)C1. The van der Waals surface area contributed by atoms with Crippen molar-refractivity contribution in [2.45, 2.75) is 12.5 Å². The Balaban J connectivity index is 1.97. The van der Waals surface area contributed by atoms with E-state index in [1.54, 1.807) is 18.2 Å². The van der Waals surface area contributed by atoms with Gasteiger partial charge in [0.05, 0.1) is 4.91 Å². The van der Waals surface area contributed by atoms with Crippen molar-refractivity contribution in [3.8, 4) is 0 Å². The van der Waals surface area contributed by atoms with Gasteiger partial charge in [-0.25, -0.2) is 4.72 Å². The van der Waals surface area contributed by atoms with E-state index >= 15 is 0 Å². The van der Waals surface area contributed by atoms with E-state index in [1.807, 2.05) is 4.90 Å². The first-order chi connectivity index (χ1) is 10.4. The van der Waals surface area contributed by atoms with Crippen LogP contribution in [0.15, 0.2) is 24.3 Å². The molecule has 1 saturated heterocycles. The molecule has 2 aliphatic heterocycles. The maximum Gasteiger partial charge on any atom is 0.264 e. The number of rotatable bonds is 3. The van der Waals surface area contributed by atoms with Gasteiger partial charge in [-0.1, -0.05) is 16.8 Å². The summed E-state index contributed by atoms with van der Waals surface area (Å²) in [6.45, 7) is 1.46. The molecule has 1 aromatic carbocycles. The predicted octanol–water partition coefficient (Wildman–Crippen LogP) is 1.17. The fraction of sp³-hybridized carbons (Fsp3) is 0.286. The molecule has 1 aromatic rings. The first-order valence-electron chi connectivity index (χ1n) is 6.82. The number of carbonyl (C=O) groups is 2. The number of nitrogens with one attached hydrogen (secondary N) is 1. The van der Waals surface area contributed by atoms with E-state index in [-0.39, 0.29) is 10.9 Å². The monoisotopic (exact) mass is 323 g/mol. The van der Waals surface area contributed by atoms with Gasteiger partial charge < -0.3 is 10.6 Å². The van der Waals surface area contributed by atoms with Gasteiger partial charge in [-0.05, 0) is 18.6 Å². The summed E-state index contributed by atoms with van der Waals surface area (Å²) >= 11 is 0. The molecule has 7 nitrogen and oxygen atoms in total. The largest absolute Gasteiger partial charge is 0.369 e. The van der Waals surface area contributed by atoms with Gasteiger partial charge in [0.2, 0.25) is 0 Å². The van der Waals surface area contributed by atoms with Gasteiger partial charge in [0.15, 0.2) is 6.29 Å². The average Bonchev–Trinajstić information content (AvgIpc) is 3.00. The molecule has 22 heavy (non-hydrogen) atoms. The van der Waals surface area contributed by atoms with Crippen molar-refractivity contribution in [3.63, 3.8) is 0 Å². The Labute approximate surface area is 129 Å². The number of hydrogen-bond acceptors (Lipinski definition) is 6. The Bertz CT molecular complexity index is 674. The second kappa shape index (κ2) is 5.40. The third-order valence-corrected chi connectivity index (χ3v) is 5.27. The number of amides is 1. The Hall–Kier alpha value is -1.87. The molecule has 8 heteroatoms. The van der Waals surface area contributed by atoms with Crippen LogP contribution in [0.2, 0.25) is 0 Å². The molecule has 1 amide bonds. The third-order valence-electron chi connectivity index (χ3n) is 3.82. The summed E-state index contributed by atoms with van der Waals surface area (Å²) in [5.41, 5.74) is 7.52. The standard InChI is InChI=1S/C14H17N3O4S/c15-11-3-4-17(7-11)12-2-1-9(5-10(12)8-18)13-6-14(19)16-22(13,20)21/h1-2,5-6,8,11,20-21H,3-4,7,15H2,(H,16,19)/t11-/m1/s1. The molecule has 5 N–H and O–H groups in total. The van der Waals surface area contributed by atoms with Crippen LogP contribution in [0.1, 0.15) is 22.3 Å². The van der Waals surface area contributed by atoms with Gasteiger partial charge in [0.1, 0.15) is 0 Å². The fourth-order valence-corrected chi connectivity index (χ4v) is 3.95. The highest BCUT2D eigenvalue weighted by Gasteiger charge is 2.30. The maximum atomic E-state index is 11.4. The van der Waals surface area contributed by atoms with E-state index in [2.05, 4.69) is 4.72 Å². The maximum absolute atomic E-state index is 11.4. The number of nitrogens with two attached hydrogens (primary N) is 1. The van der Waals surface area contributed by atoms with Crippen molar-refractivity contribution in [1.29, 1.82) is 0 Å². The Morgan fingerprint density at radius 1 is 1.41 bits per heavy atom. The van der Waals surface area contributed by atoms with Crippen LogP contribution in [0, 0.1) is 0 Å². The molecule has 118 valence electrons. The number of benzene rings is 1. The molecule has 3 rings (SSSR count). The number of hydrogen-bond donors (Lipinski definition) is 4. The predicted molar refractivity (Wildman–Crippen MR) is 85.6 cm³/mol. The summed E-state index contributed by atoms with van der Waals surface area (Å²) in [5, 5.41) is 0. The van der Waals surface area contributed by atoms with Crippen LogP contribution in [0.5, 0.6) is 0 Å². The average molecular weight is 323 g/mol. The van der Waals surface area contributed by atoms with Crippen LogP contribution in [-0.2, 0) is 4.79 Å². The van der Waals surface area contributed by atoms with Crippen molar-refractivity contribution in [3.05, 3.63) is 35.4 Å². The van der Waals surface area contributed by atoms with Crippen LogP contribution < -0.4 is 15.4 Å². The highest BCUT2D eigenvalue weighted by atomic mass is 32.3. The molecule has 1 atom stereocenters. The zero-order valence-electron chi connectivity index (χ0n) is 11.7. The normalized spacial score (nSPS) is 24.9. The second-order valence-electron chi connectivity index (χ2n) is 5.41. The summed E-state index contributed by atoms with van der Waals surface area (Å²) < 4.78 is 21.9. The number of nitrogens with zero attached hydrogens (tertiary/aromatic N) is 1. The van der Waals surface area contributed by atoms with E-state index in [0.29, 0.717) is 17.7 Å². The van der Waals surface area contributed by atoms with Gasteiger partial charge >= 0.3 is 0 Å².